The molecule has 2 aliphatic rings. The van der Waals surface area contributed by atoms with E-state index in [1.807, 2.05) is 36.8 Å². The van der Waals surface area contributed by atoms with Gasteiger partial charge in [0.2, 0.25) is 17.7 Å². The lowest BCUT2D eigenvalue weighted by atomic mass is 9.75. The Balaban J connectivity index is 1.69. The maximum Gasteiger partial charge on any atom is 0.241 e. The predicted molar refractivity (Wildman–Crippen MR) is 124 cm³/mol. The molecule has 8 nitrogen and oxygen atoms in total. The number of amides is 3. The summed E-state index contributed by atoms with van der Waals surface area (Å²) in [7, 11) is 5.60. The van der Waals surface area contributed by atoms with Crippen LogP contribution in [0, 0.1) is 5.82 Å². The van der Waals surface area contributed by atoms with E-state index in [2.05, 4.69) is 4.98 Å². The second-order valence-electron chi connectivity index (χ2n) is 9.56. The Morgan fingerprint density at radius 1 is 1.24 bits per heavy atom. The highest BCUT2D eigenvalue weighted by molar-refractivity contribution is 6.10. The van der Waals surface area contributed by atoms with Crippen LogP contribution in [0.2, 0.25) is 0 Å². The molecule has 182 valence electrons. The summed E-state index contributed by atoms with van der Waals surface area (Å²) >= 11 is 0. The zero-order valence-electron chi connectivity index (χ0n) is 20.0. The molecule has 34 heavy (non-hydrogen) atoms. The Labute approximate surface area is 199 Å². The Hall–Kier alpha value is -3.07. The van der Waals surface area contributed by atoms with Crippen molar-refractivity contribution < 1.29 is 18.8 Å². The van der Waals surface area contributed by atoms with Gasteiger partial charge in [0.25, 0.3) is 0 Å². The van der Waals surface area contributed by atoms with Crippen LogP contribution in [0.3, 0.4) is 0 Å². The molecule has 0 bridgehead atoms. The van der Waals surface area contributed by atoms with Gasteiger partial charge in [0.1, 0.15) is 11.6 Å². The van der Waals surface area contributed by atoms with E-state index in [9.17, 15) is 14.4 Å². The first-order chi connectivity index (χ1) is 16.2. The predicted octanol–water partition coefficient (Wildman–Crippen LogP) is 2.26. The highest BCUT2D eigenvalue weighted by atomic mass is 19.1. The van der Waals surface area contributed by atoms with Crippen molar-refractivity contribution in [1.29, 1.82) is 0 Å². The fraction of sp³-hybridized carbons (Fsp3) is 0.520. The van der Waals surface area contributed by atoms with Gasteiger partial charge in [-0.05, 0) is 39.4 Å². The number of likely N-dealkylation sites (N-methyl/N-ethyl adjacent to an activating group) is 1. The molecule has 2 unspecified atom stereocenters. The lowest BCUT2D eigenvalue weighted by Gasteiger charge is -2.37. The minimum Gasteiger partial charge on any atom is -0.336 e. The SMILES string of the molecule is CN(C)CCN1C(=O)CC(CC(=O)N2CCCCC2c2nccn2C)(c2ccccc2F)C1=O. The van der Waals surface area contributed by atoms with Gasteiger partial charge >= 0.3 is 0 Å². The zero-order valence-corrected chi connectivity index (χ0v) is 20.0. The number of nitrogens with zero attached hydrogens (tertiary/aromatic N) is 5. The molecule has 3 amide bonds. The summed E-state index contributed by atoms with van der Waals surface area (Å²) in [4.78, 5) is 49.7. The molecule has 4 rings (SSSR count). The van der Waals surface area contributed by atoms with E-state index in [-0.39, 0.29) is 42.8 Å². The van der Waals surface area contributed by atoms with Crippen LogP contribution in [-0.2, 0) is 26.8 Å². The van der Waals surface area contributed by atoms with Crippen molar-refractivity contribution in [3.05, 3.63) is 53.9 Å². The minimum absolute atomic E-state index is 0.111. The van der Waals surface area contributed by atoms with Gasteiger partial charge in [-0.1, -0.05) is 18.2 Å². The fourth-order valence-electron chi connectivity index (χ4n) is 5.18. The maximum absolute atomic E-state index is 15.0. The van der Waals surface area contributed by atoms with Crippen molar-refractivity contribution in [2.45, 2.75) is 43.6 Å². The van der Waals surface area contributed by atoms with E-state index >= 15 is 4.39 Å². The zero-order chi connectivity index (χ0) is 24.5. The number of carbonyl (C=O) groups excluding carboxylic acids is 3. The summed E-state index contributed by atoms with van der Waals surface area (Å²) in [6.07, 6.45) is 5.66. The third-order valence-electron chi connectivity index (χ3n) is 7.00. The molecule has 2 fully saturated rings. The van der Waals surface area contributed by atoms with Gasteiger partial charge < -0.3 is 14.4 Å². The Morgan fingerprint density at radius 2 is 2.00 bits per heavy atom. The number of rotatable bonds is 7. The second kappa shape index (κ2) is 9.66. The molecule has 2 aromatic rings. The fourth-order valence-corrected chi connectivity index (χ4v) is 5.18. The highest BCUT2D eigenvalue weighted by Crippen LogP contribution is 2.42. The standard InChI is InChI=1S/C25H32FN5O3/c1-28(2)14-15-31-22(33)17-25(24(31)34,18-8-4-5-9-19(18)26)16-21(32)30-12-7-6-10-20(30)23-27-11-13-29(23)3/h4-5,8-9,11,13,20H,6-7,10,12,14-17H2,1-3H3. The number of halogens is 1. The lowest BCUT2D eigenvalue weighted by Crippen LogP contribution is -2.47. The third-order valence-corrected chi connectivity index (χ3v) is 7.00. The molecule has 3 heterocycles. The van der Waals surface area contributed by atoms with E-state index in [1.54, 1.807) is 23.2 Å². The van der Waals surface area contributed by atoms with Crippen molar-refractivity contribution in [2.24, 2.45) is 7.05 Å². The van der Waals surface area contributed by atoms with Crippen LogP contribution in [0.1, 0.15) is 49.5 Å². The number of benzene rings is 1. The average Bonchev–Trinajstić information content (AvgIpc) is 3.33. The first-order valence-electron chi connectivity index (χ1n) is 11.8. The van der Waals surface area contributed by atoms with Gasteiger partial charge in [-0.15, -0.1) is 0 Å². The summed E-state index contributed by atoms with van der Waals surface area (Å²) in [6, 6.07) is 5.77. The van der Waals surface area contributed by atoms with Gasteiger partial charge in [0.15, 0.2) is 0 Å². The number of imidazole rings is 1. The normalized spacial score (nSPS) is 23.3. The third kappa shape index (κ3) is 4.36. The topological polar surface area (TPSA) is 78.8 Å². The molecule has 0 N–H and O–H groups in total. The van der Waals surface area contributed by atoms with Crippen LogP contribution in [0.25, 0.3) is 0 Å². The smallest absolute Gasteiger partial charge is 0.241 e. The van der Waals surface area contributed by atoms with Crippen LogP contribution in [0.5, 0.6) is 0 Å². The first kappa shape index (κ1) is 24.1. The highest BCUT2D eigenvalue weighted by Gasteiger charge is 2.55. The number of imide groups is 1. The number of aryl methyl sites for hydroxylation is 1. The van der Waals surface area contributed by atoms with E-state index in [1.165, 1.54) is 17.0 Å². The molecule has 2 atom stereocenters. The summed E-state index contributed by atoms with van der Waals surface area (Å²) in [6.45, 7) is 1.23. The lowest BCUT2D eigenvalue weighted by molar-refractivity contribution is -0.144. The quantitative estimate of drug-likeness (QED) is 0.582. The van der Waals surface area contributed by atoms with Gasteiger partial charge in [-0.2, -0.15) is 0 Å². The molecule has 0 spiro atoms. The van der Waals surface area contributed by atoms with Crippen molar-refractivity contribution in [2.75, 3.05) is 33.7 Å². The molecule has 0 aliphatic carbocycles. The number of carbonyl (C=O) groups is 3. The van der Waals surface area contributed by atoms with Crippen LogP contribution in [0.15, 0.2) is 36.7 Å². The Bertz CT molecular complexity index is 1080. The van der Waals surface area contributed by atoms with Crippen molar-refractivity contribution in [1.82, 2.24) is 24.3 Å². The van der Waals surface area contributed by atoms with Gasteiger partial charge in [0, 0.05) is 57.5 Å². The molecular formula is C25H32FN5O3. The average molecular weight is 470 g/mol. The van der Waals surface area contributed by atoms with E-state index < -0.39 is 17.1 Å². The molecular weight excluding hydrogens is 437 g/mol. The number of hydrogen-bond acceptors (Lipinski definition) is 5. The molecule has 9 heteroatoms. The van der Waals surface area contributed by atoms with Crippen molar-refractivity contribution >= 4 is 17.7 Å². The molecule has 0 saturated carbocycles. The molecule has 0 radical (unpaired) electrons. The molecule has 1 aromatic heterocycles. The number of likely N-dealkylation sites (tertiary alicyclic amines) is 2. The summed E-state index contributed by atoms with van der Waals surface area (Å²) < 4.78 is 16.9. The van der Waals surface area contributed by atoms with Crippen LogP contribution in [-0.4, -0.2) is 75.7 Å². The Kier molecular flexibility index (Phi) is 6.84. The van der Waals surface area contributed by atoms with Crippen molar-refractivity contribution in [3.8, 4) is 0 Å². The van der Waals surface area contributed by atoms with Crippen LogP contribution in [0.4, 0.5) is 4.39 Å². The summed E-state index contributed by atoms with van der Waals surface area (Å²) in [5, 5.41) is 0. The monoisotopic (exact) mass is 469 g/mol. The molecule has 2 saturated heterocycles. The largest absolute Gasteiger partial charge is 0.336 e. The second-order valence-corrected chi connectivity index (χ2v) is 9.56. The van der Waals surface area contributed by atoms with E-state index in [0.717, 1.165) is 25.1 Å². The van der Waals surface area contributed by atoms with E-state index in [0.29, 0.717) is 13.1 Å². The van der Waals surface area contributed by atoms with Gasteiger partial charge in [0.05, 0.1) is 11.5 Å². The van der Waals surface area contributed by atoms with Crippen LogP contribution < -0.4 is 0 Å². The maximum atomic E-state index is 15.0. The van der Waals surface area contributed by atoms with Gasteiger partial charge in [-0.25, -0.2) is 9.37 Å². The summed E-state index contributed by atoms with van der Waals surface area (Å²) in [5.41, 5.74) is -1.44. The number of piperidine rings is 1. The van der Waals surface area contributed by atoms with E-state index in [4.69, 9.17) is 0 Å². The van der Waals surface area contributed by atoms with Crippen molar-refractivity contribution in [3.63, 3.8) is 0 Å². The number of aromatic nitrogens is 2. The van der Waals surface area contributed by atoms with Crippen LogP contribution >= 0.6 is 0 Å². The summed E-state index contributed by atoms with van der Waals surface area (Å²) in [5.74, 6) is -0.920. The Morgan fingerprint density at radius 3 is 2.68 bits per heavy atom. The molecule has 1 aromatic carbocycles. The first-order valence-corrected chi connectivity index (χ1v) is 11.8. The molecule has 2 aliphatic heterocycles. The van der Waals surface area contributed by atoms with Gasteiger partial charge in [-0.3, -0.25) is 19.3 Å². The number of hydrogen-bond donors (Lipinski definition) is 0. The minimum atomic E-state index is -1.55.